The van der Waals surface area contributed by atoms with E-state index >= 15 is 0 Å². The molecule has 0 fully saturated rings. The van der Waals surface area contributed by atoms with E-state index in [1.165, 1.54) is 0 Å². The van der Waals surface area contributed by atoms with Gasteiger partial charge in [0, 0.05) is 18.6 Å². The van der Waals surface area contributed by atoms with Gasteiger partial charge in [0.15, 0.2) is 0 Å². The first-order valence-corrected chi connectivity index (χ1v) is 6.98. The Hall–Kier alpha value is -2.33. The predicted octanol–water partition coefficient (Wildman–Crippen LogP) is 3.14. The third-order valence-electron chi connectivity index (χ3n) is 3.38. The Kier molecular flexibility index (Phi) is 3.62. The van der Waals surface area contributed by atoms with Crippen LogP contribution in [-0.4, -0.2) is 16.6 Å². The summed E-state index contributed by atoms with van der Waals surface area (Å²) in [6.07, 6.45) is 1.77. The van der Waals surface area contributed by atoms with Crippen molar-refractivity contribution >= 4 is 28.2 Å². The highest BCUT2D eigenvalue weighted by Crippen LogP contribution is 2.17. The molecule has 3 rings (SSSR count). The second kappa shape index (κ2) is 5.58. The Labute approximate surface area is 127 Å². The number of hydrogen-bond donors (Lipinski definition) is 1. The van der Waals surface area contributed by atoms with Gasteiger partial charge < -0.3 is 9.88 Å². The Bertz CT molecular complexity index is 858. The second-order valence-electron chi connectivity index (χ2n) is 4.71. The number of anilines is 1. The van der Waals surface area contributed by atoms with E-state index in [2.05, 4.69) is 10.3 Å². The molecule has 3 aromatic rings. The van der Waals surface area contributed by atoms with Gasteiger partial charge in [-0.15, -0.1) is 0 Å². The molecule has 0 unspecified atom stereocenters. The van der Waals surface area contributed by atoms with Crippen LogP contribution in [0.2, 0.25) is 5.02 Å². The Morgan fingerprint density at radius 3 is 2.81 bits per heavy atom. The largest absolute Gasteiger partial charge is 0.373 e. The number of fused-ring (bicyclic) bond motifs is 1. The zero-order valence-electron chi connectivity index (χ0n) is 11.5. The summed E-state index contributed by atoms with van der Waals surface area (Å²) in [5.41, 5.74) is 0.627. The van der Waals surface area contributed by atoms with E-state index in [-0.39, 0.29) is 5.56 Å². The molecular weight excluding hydrogens is 286 g/mol. The highest BCUT2D eigenvalue weighted by atomic mass is 35.5. The zero-order chi connectivity index (χ0) is 14.8. The van der Waals surface area contributed by atoms with Gasteiger partial charge in [0.25, 0.3) is 5.56 Å². The molecule has 1 aromatic carbocycles. The zero-order valence-corrected chi connectivity index (χ0v) is 12.3. The van der Waals surface area contributed by atoms with Crippen molar-refractivity contribution in [2.24, 2.45) is 0 Å². The van der Waals surface area contributed by atoms with E-state index in [4.69, 9.17) is 11.6 Å². The maximum Gasteiger partial charge on any atom is 0.258 e. The Morgan fingerprint density at radius 2 is 2.00 bits per heavy atom. The lowest BCUT2D eigenvalue weighted by Crippen LogP contribution is -2.20. The summed E-state index contributed by atoms with van der Waals surface area (Å²) in [6.45, 7) is 0.345. The smallest absolute Gasteiger partial charge is 0.258 e. The molecule has 0 aliphatic carbocycles. The van der Waals surface area contributed by atoms with Gasteiger partial charge in [0.1, 0.15) is 5.82 Å². The average molecular weight is 300 g/mol. The van der Waals surface area contributed by atoms with Crippen molar-refractivity contribution in [3.63, 3.8) is 0 Å². The van der Waals surface area contributed by atoms with Gasteiger partial charge >= 0.3 is 0 Å². The maximum absolute atomic E-state index is 12.5. The number of halogens is 1. The quantitative estimate of drug-likeness (QED) is 0.808. The molecule has 0 saturated carbocycles. The lowest BCUT2D eigenvalue weighted by atomic mass is 10.2. The number of nitrogens with zero attached hydrogens (tertiary/aromatic N) is 2. The van der Waals surface area contributed by atoms with E-state index in [1.807, 2.05) is 30.3 Å². The van der Waals surface area contributed by atoms with Crippen LogP contribution in [0.5, 0.6) is 0 Å². The standard InChI is InChI=1S/C16H14ClN3O/c1-18-15-7-6-13(17)14(19-15)10-20-9-8-11-4-2-3-5-12(11)16(20)21/h2-9H,10H2,1H3,(H,18,19). The molecule has 0 spiro atoms. The van der Waals surface area contributed by atoms with Crippen LogP contribution in [0.4, 0.5) is 5.82 Å². The molecule has 21 heavy (non-hydrogen) atoms. The average Bonchev–Trinajstić information content (AvgIpc) is 2.52. The SMILES string of the molecule is CNc1ccc(Cl)c(Cn2ccc3ccccc3c2=O)n1. The van der Waals surface area contributed by atoms with Crippen molar-refractivity contribution in [1.29, 1.82) is 0 Å². The molecule has 0 bridgehead atoms. The first kappa shape index (κ1) is 13.6. The Morgan fingerprint density at radius 1 is 1.19 bits per heavy atom. The highest BCUT2D eigenvalue weighted by molar-refractivity contribution is 6.31. The summed E-state index contributed by atoms with van der Waals surface area (Å²) < 4.78 is 1.62. The monoisotopic (exact) mass is 299 g/mol. The second-order valence-corrected chi connectivity index (χ2v) is 5.12. The van der Waals surface area contributed by atoms with Crippen molar-refractivity contribution in [3.8, 4) is 0 Å². The molecule has 0 amide bonds. The van der Waals surface area contributed by atoms with E-state index in [9.17, 15) is 4.79 Å². The summed E-state index contributed by atoms with van der Waals surface area (Å²) in [4.78, 5) is 16.9. The molecular formula is C16H14ClN3O. The van der Waals surface area contributed by atoms with Crippen LogP contribution in [0.3, 0.4) is 0 Å². The molecule has 0 aliphatic heterocycles. The van der Waals surface area contributed by atoms with Crippen LogP contribution in [0.15, 0.2) is 53.5 Å². The fourth-order valence-electron chi connectivity index (χ4n) is 2.25. The molecule has 0 saturated heterocycles. The third kappa shape index (κ3) is 2.62. The number of rotatable bonds is 3. The van der Waals surface area contributed by atoms with Crippen LogP contribution in [0.25, 0.3) is 10.8 Å². The molecule has 1 N–H and O–H groups in total. The molecule has 2 heterocycles. The first-order chi connectivity index (χ1) is 10.2. The van der Waals surface area contributed by atoms with Gasteiger partial charge in [-0.1, -0.05) is 29.8 Å². The summed E-state index contributed by atoms with van der Waals surface area (Å²) in [5, 5.41) is 5.14. The van der Waals surface area contributed by atoms with Crippen molar-refractivity contribution in [2.45, 2.75) is 6.54 Å². The highest BCUT2D eigenvalue weighted by Gasteiger charge is 2.07. The number of pyridine rings is 2. The minimum atomic E-state index is -0.0409. The fourth-order valence-corrected chi connectivity index (χ4v) is 2.42. The summed E-state index contributed by atoms with van der Waals surface area (Å²) >= 11 is 6.17. The van der Waals surface area contributed by atoms with Gasteiger partial charge in [-0.3, -0.25) is 4.79 Å². The number of nitrogens with one attached hydrogen (secondary N) is 1. The molecule has 0 atom stereocenters. The van der Waals surface area contributed by atoms with Crippen molar-refractivity contribution in [3.05, 3.63) is 69.7 Å². The lowest BCUT2D eigenvalue weighted by molar-refractivity contribution is 0.748. The van der Waals surface area contributed by atoms with Crippen LogP contribution in [-0.2, 0) is 6.54 Å². The summed E-state index contributed by atoms with van der Waals surface area (Å²) in [5.74, 6) is 0.725. The molecule has 106 valence electrons. The molecule has 0 aliphatic rings. The van der Waals surface area contributed by atoms with E-state index in [0.717, 1.165) is 11.2 Å². The van der Waals surface area contributed by atoms with E-state index < -0.39 is 0 Å². The molecule has 5 heteroatoms. The van der Waals surface area contributed by atoms with Crippen LogP contribution in [0.1, 0.15) is 5.69 Å². The van der Waals surface area contributed by atoms with Crippen molar-refractivity contribution < 1.29 is 0 Å². The van der Waals surface area contributed by atoms with Gasteiger partial charge in [-0.25, -0.2) is 4.98 Å². The molecule has 0 radical (unpaired) electrons. The normalized spacial score (nSPS) is 10.8. The van der Waals surface area contributed by atoms with Crippen molar-refractivity contribution in [1.82, 2.24) is 9.55 Å². The Balaban J connectivity index is 2.06. The van der Waals surface area contributed by atoms with Gasteiger partial charge in [0.05, 0.1) is 17.3 Å². The first-order valence-electron chi connectivity index (χ1n) is 6.60. The van der Waals surface area contributed by atoms with Gasteiger partial charge in [0.2, 0.25) is 0 Å². The van der Waals surface area contributed by atoms with Gasteiger partial charge in [-0.2, -0.15) is 0 Å². The molecule has 2 aromatic heterocycles. The molecule has 4 nitrogen and oxygen atoms in total. The predicted molar refractivity (Wildman–Crippen MR) is 86.1 cm³/mol. The minimum absolute atomic E-state index is 0.0409. The van der Waals surface area contributed by atoms with Crippen LogP contribution >= 0.6 is 11.6 Å². The van der Waals surface area contributed by atoms with Crippen molar-refractivity contribution in [2.75, 3.05) is 12.4 Å². The van der Waals surface area contributed by atoms with Gasteiger partial charge in [-0.05, 0) is 29.7 Å². The third-order valence-corrected chi connectivity index (χ3v) is 3.73. The van der Waals surface area contributed by atoms with E-state index in [1.54, 1.807) is 29.9 Å². The number of hydrogen-bond acceptors (Lipinski definition) is 3. The fraction of sp³-hybridized carbons (Fsp3) is 0.125. The minimum Gasteiger partial charge on any atom is -0.373 e. The van der Waals surface area contributed by atoms with E-state index in [0.29, 0.717) is 22.6 Å². The number of benzene rings is 1. The lowest BCUT2D eigenvalue weighted by Gasteiger charge is -2.09. The van der Waals surface area contributed by atoms with Crippen LogP contribution in [0, 0.1) is 0 Å². The number of aromatic nitrogens is 2. The summed E-state index contributed by atoms with van der Waals surface area (Å²) in [6, 6.07) is 13.0. The van der Waals surface area contributed by atoms with Crippen LogP contribution < -0.4 is 10.9 Å². The summed E-state index contributed by atoms with van der Waals surface area (Å²) in [7, 11) is 1.79. The topological polar surface area (TPSA) is 46.9 Å². The maximum atomic E-state index is 12.5.